The van der Waals surface area contributed by atoms with Crippen molar-refractivity contribution in [2.75, 3.05) is 6.61 Å². The standard InChI is InChI=1S/C30H50O4/c1-3-5-6-7-8-9-10-11-12-13-14-15-16-17-18-25-33-29(31)23-20-24-30(32)34-28-22-19-21-27(4-2)26-28/h19,21-22,26H,3-18,20,23-25H2,1-2H3. The van der Waals surface area contributed by atoms with Gasteiger partial charge in [-0.15, -0.1) is 0 Å². The summed E-state index contributed by atoms with van der Waals surface area (Å²) < 4.78 is 10.6. The normalized spacial score (nSPS) is 10.9. The van der Waals surface area contributed by atoms with Crippen molar-refractivity contribution in [2.45, 2.75) is 136 Å². The fourth-order valence-electron chi connectivity index (χ4n) is 4.12. The first-order valence-corrected chi connectivity index (χ1v) is 14.1. The van der Waals surface area contributed by atoms with Gasteiger partial charge in [0.05, 0.1) is 6.61 Å². The Morgan fingerprint density at radius 1 is 0.647 bits per heavy atom. The predicted molar refractivity (Wildman–Crippen MR) is 141 cm³/mol. The van der Waals surface area contributed by atoms with Crippen LogP contribution in [-0.2, 0) is 20.7 Å². The number of ether oxygens (including phenoxy) is 2. The van der Waals surface area contributed by atoms with Crippen molar-refractivity contribution in [2.24, 2.45) is 0 Å². The highest BCUT2D eigenvalue weighted by atomic mass is 16.5. The Balaban J connectivity index is 1.85. The third-order valence-electron chi connectivity index (χ3n) is 6.31. The quantitative estimate of drug-likeness (QED) is 0.0957. The molecule has 0 aliphatic heterocycles. The second-order valence-electron chi connectivity index (χ2n) is 9.50. The Morgan fingerprint density at radius 3 is 1.74 bits per heavy atom. The summed E-state index contributed by atoms with van der Waals surface area (Å²) in [5.41, 5.74) is 1.13. The molecular weight excluding hydrogens is 424 g/mol. The van der Waals surface area contributed by atoms with Gasteiger partial charge in [-0.25, -0.2) is 0 Å². The van der Waals surface area contributed by atoms with Crippen LogP contribution in [0.25, 0.3) is 0 Å². The summed E-state index contributed by atoms with van der Waals surface area (Å²) in [5, 5.41) is 0. The average molecular weight is 475 g/mol. The van der Waals surface area contributed by atoms with Crippen molar-refractivity contribution in [3.63, 3.8) is 0 Å². The molecule has 0 aliphatic rings. The molecule has 0 aromatic heterocycles. The lowest BCUT2D eigenvalue weighted by molar-refractivity contribution is -0.144. The van der Waals surface area contributed by atoms with E-state index in [2.05, 4.69) is 13.8 Å². The van der Waals surface area contributed by atoms with E-state index in [0.29, 0.717) is 18.8 Å². The molecule has 1 aromatic carbocycles. The molecule has 0 N–H and O–H groups in total. The van der Waals surface area contributed by atoms with Crippen LogP contribution in [0.3, 0.4) is 0 Å². The van der Waals surface area contributed by atoms with E-state index in [1.807, 2.05) is 18.2 Å². The smallest absolute Gasteiger partial charge is 0.311 e. The molecule has 0 aliphatic carbocycles. The summed E-state index contributed by atoms with van der Waals surface area (Å²) in [6.07, 6.45) is 21.7. The van der Waals surface area contributed by atoms with Crippen LogP contribution in [0.2, 0.25) is 0 Å². The Bertz CT molecular complexity index is 640. The molecule has 0 atom stereocenters. The number of rotatable bonds is 22. The molecule has 0 radical (unpaired) electrons. The Kier molecular flexibility index (Phi) is 19.2. The largest absolute Gasteiger partial charge is 0.466 e. The van der Waals surface area contributed by atoms with E-state index in [-0.39, 0.29) is 24.8 Å². The summed E-state index contributed by atoms with van der Waals surface area (Å²) in [6, 6.07) is 7.55. The van der Waals surface area contributed by atoms with Crippen LogP contribution in [-0.4, -0.2) is 18.5 Å². The zero-order chi connectivity index (χ0) is 24.7. The van der Waals surface area contributed by atoms with Crippen LogP contribution in [0.5, 0.6) is 5.75 Å². The van der Waals surface area contributed by atoms with E-state index in [4.69, 9.17) is 9.47 Å². The second-order valence-corrected chi connectivity index (χ2v) is 9.50. The van der Waals surface area contributed by atoms with Crippen LogP contribution in [0, 0.1) is 0 Å². The van der Waals surface area contributed by atoms with Crippen molar-refractivity contribution in [1.82, 2.24) is 0 Å². The Morgan fingerprint density at radius 2 is 1.18 bits per heavy atom. The molecule has 0 bridgehead atoms. The third kappa shape index (κ3) is 17.6. The van der Waals surface area contributed by atoms with Gasteiger partial charge in [0.15, 0.2) is 0 Å². The van der Waals surface area contributed by atoms with E-state index in [0.717, 1.165) is 24.8 Å². The molecule has 4 heteroatoms. The summed E-state index contributed by atoms with van der Waals surface area (Å²) in [7, 11) is 0. The van der Waals surface area contributed by atoms with E-state index in [1.54, 1.807) is 6.07 Å². The number of aryl methyl sites for hydroxylation is 1. The molecule has 194 valence electrons. The third-order valence-corrected chi connectivity index (χ3v) is 6.31. The van der Waals surface area contributed by atoms with Crippen molar-refractivity contribution in [1.29, 1.82) is 0 Å². The highest BCUT2D eigenvalue weighted by Crippen LogP contribution is 2.15. The molecule has 34 heavy (non-hydrogen) atoms. The minimum Gasteiger partial charge on any atom is -0.466 e. The Labute approximate surface area is 209 Å². The lowest BCUT2D eigenvalue weighted by Crippen LogP contribution is -2.10. The van der Waals surface area contributed by atoms with Gasteiger partial charge in [0.25, 0.3) is 0 Å². The van der Waals surface area contributed by atoms with Gasteiger partial charge < -0.3 is 9.47 Å². The fourth-order valence-corrected chi connectivity index (χ4v) is 4.12. The van der Waals surface area contributed by atoms with E-state index in [1.165, 1.54) is 83.5 Å². The highest BCUT2D eigenvalue weighted by Gasteiger charge is 2.08. The summed E-state index contributed by atoms with van der Waals surface area (Å²) >= 11 is 0. The molecule has 0 saturated heterocycles. The summed E-state index contributed by atoms with van der Waals surface area (Å²) in [4.78, 5) is 23.8. The fraction of sp³-hybridized carbons (Fsp3) is 0.733. The molecule has 0 fully saturated rings. The van der Waals surface area contributed by atoms with Crippen molar-refractivity contribution < 1.29 is 19.1 Å². The van der Waals surface area contributed by atoms with Crippen LogP contribution in [0.1, 0.15) is 135 Å². The molecule has 0 spiro atoms. The van der Waals surface area contributed by atoms with Crippen LogP contribution >= 0.6 is 0 Å². The lowest BCUT2D eigenvalue weighted by atomic mass is 10.0. The van der Waals surface area contributed by atoms with Crippen molar-refractivity contribution in [3.05, 3.63) is 29.8 Å². The van der Waals surface area contributed by atoms with Gasteiger partial charge in [-0.05, 0) is 37.0 Å². The van der Waals surface area contributed by atoms with Gasteiger partial charge in [0.1, 0.15) is 5.75 Å². The van der Waals surface area contributed by atoms with Gasteiger partial charge in [0.2, 0.25) is 0 Å². The van der Waals surface area contributed by atoms with Crippen molar-refractivity contribution in [3.8, 4) is 5.75 Å². The zero-order valence-corrected chi connectivity index (χ0v) is 22.1. The number of carbonyl (C=O) groups is 2. The van der Waals surface area contributed by atoms with Gasteiger partial charge in [-0.2, -0.15) is 0 Å². The highest BCUT2D eigenvalue weighted by molar-refractivity contribution is 5.74. The molecule has 0 unspecified atom stereocenters. The van der Waals surface area contributed by atoms with Gasteiger partial charge in [-0.1, -0.05) is 116 Å². The first kappa shape index (κ1) is 30.2. The number of hydrogen-bond donors (Lipinski definition) is 0. The van der Waals surface area contributed by atoms with E-state index in [9.17, 15) is 9.59 Å². The van der Waals surface area contributed by atoms with E-state index < -0.39 is 0 Å². The maximum atomic E-state index is 11.9. The van der Waals surface area contributed by atoms with Crippen LogP contribution < -0.4 is 4.74 Å². The first-order valence-electron chi connectivity index (χ1n) is 14.1. The average Bonchev–Trinajstić information content (AvgIpc) is 2.84. The topological polar surface area (TPSA) is 52.6 Å². The maximum Gasteiger partial charge on any atom is 0.311 e. The number of unbranched alkanes of at least 4 members (excludes halogenated alkanes) is 14. The molecule has 4 nitrogen and oxygen atoms in total. The van der Waals surface area contributed by atoms with Gasteiger partial charge in [0, 0.05) is 12.8 Å². The minimum atomic E-state index is -0.302. The molecule has 1 rings (SSSR count). The van der Waals surface area contributed by atoms with Crippen LogP contribution in [0.4, 0.5) is 0 Å². The monoisotopic (exact) mass is 474 g/mol. The predicted octanol–water partition coefficient (Wildman–Crippen LogP) is 8.74. The number of carbonyl (C=O) groups excluding carboxylic acids is 2. The maximum absolute atomic E-state index is 11.9. The number of esters is 2. The molecular formula is C30H50O4. The molecule has 1 aromatic rings. The minimum absolute atomic E-state index is 0.217. The summed E-state index contributed by atoms with van der Waals surface area (Å²) in [6.45, 7) is 4.82. The van der Waals surface area contributed by atoms with Gasteiger partial charge >= 0.3 is 11.9 Å². The summed E-state index contributed by atoms with van der Waals surface area (Å²) in [5.74, 6) is 0.0506. The Hall–Kier alpha value is -1.84. The number of benzene rings is 1. The van der Waals surface area contributed by atoms with Crippen molar-refractivity contribution >= 4 is 11.9 Å². The van der Waals surface area contributed by atoms with Gasteiger partial charge in [-0.3, -0.25) is 9.59 Å². The van der Waals surface area contributed by atoms with Crippen LogP contribution in [0.15, 0.2) is 24.3 Å². The molecule has 0 saturated carbocycles. The molecule has 0 amide bonds. The number of hydrogen-bond acceptors (Lipinski definition) is 4. The zero-order valence-electron chi connectivity index (χ0n) is 22.1. The second kappa shape index (κ2) is 21.7. The van der Waals surface area contributed by atoms with E-state index >= 15 is 0 Å². The first-order chi connectivity index (χ1) is 16.7. The lowest BCUT2D eigenvalue weighted by Gasteiger charge is -2.07. The molecule has 0 heterocycles. The SMILES string of the molecule is CCCCCCCCCCCCCCCCCOC(=O)CCCC(=O)Oc1cccc(CC)c1.